The van der Waals surface area contributed by atoms with Crippen LogP contribution in [-0.2, 0) is 4.74 Å². The lowest BCUT2D eigenvalue weighted by Gasteiger charge is -2.41. The van der Waals surface area contributed by atoms with Crippen LogP contribution < -0.4 is 5.32 Å². The second kappa shape index (κ2) is 7.39. The highest BCUT2D eigenvalue weighted by Crippen LogP contribution is 2.31. The maximum atomic E-state index is 12.1. The number of aliphatic hydroxyl groups is 1. The van der Waals surface area contributed by atoms with Gasteiger partial charge in [-0.3, -0.25) is 0 Å². The van der Waals surface area contributed by atoms with Gasteiger partial charge in [-0.2, -0.15) is 0 Å². The number of carbonyl (C=O) groups excluding carboxylic acids is 1. The number of hydrogen-bond donors (Lipinski definition) is 2. The van der Waals surface area contributed by atoms with Crippen molar-refractivity contribution < 1.29 is 14.6 Å². The number of amides is 1. The standard InChI is InChI=1S/C18H34N2O3/c1-17(2,3)23-16(22)20-11-9-18(4,10-12-20)13-19-14-5-7-15(21)8-6-14/h14-15,19,21H,5-13H2,1-4H3. The third-order valence-corrected chi connectivity index (χ3v) is 5.14. The van der Waals surface area contributed by atoms with Crippen molar-refractivity contribution in [2.45, 2.75) is 84.0 Å². The van der Waals surface area contributed by atoms with Gasteiger partial charge in [0.15, 0.2) is 0 Å². The lowest BCUT2D eigenvalue weighted by molar-refractivity contribution is 0.0114. The molecule has 2 aliphatic rings. The summed E-state index contributed by atoms with van der Waals surface area (Å²) in [7, 11) is 0. The zero-order chi connectivity index (χ0) is 17.1. The van der Waals surface area contributed by atoms with Crippen molar-refractivity contribution in [3.8, 4) is 0 Å². The summed E-state index contributed by atoms with van der Waals surface area (Å²) in [6.07, 6.45) is 5.71. The van der Waals surface area contributed by atoms with E-state index in [1.807, 2.05) is 25.7 Å². The van der Waals surface area contributed by atoms with Crippen molar-refractivity contribution in [2.75, 3.05) is 19.6 Å². The van der Waals surface area contributed by atoms with E-state index >= 15 is 0 Å². The first kappa shape index (κ1) is 18.5. The molecule has 0 spiro atoms. The molecule has 1 amide bonds. The Balaban J connectivity index is 1.73. The summed E-state index contributed by atoms with van der Waals surface area (Å²) in [5.74, 6) is 0. The Morgan fingerprint density at radius 3 is 2.30 bits per heavy atom. The minimum atomic E-state index is -0.426. The fraction of sp³-hybridized carbons (Fsp3) is 0.944. The zero-order valence-corrected chi connectivity index (χ0v) is 15.2. The molecule has 1 heterocycles. The highest BCUT2D eigenvalue weighted by Gasteiger charge is 2.34. The number of carbonyl (C=O) groups is 1. The molecule has 1 aliphatic heterocycles. The third-order valence-electron chi connectivity index (χ3n) is 5.14. The van der Waals surface area contributed by atoms with E-state index in [9.17, 15) is 9.90 Å². The second-order valence-corrected chi connectivity index (χ2v) is 8.66. The number of piperidine rings is 1. The predicted octanol–water partition coefficient (Wildman–Crippen LogP) is 2.92. The first-order valence-electron chi connectivity index (χ1n) is 9.06. The molecule has 5 heteroatoms. The molecule has 0 atom stereocenters. The first-order valence-corrected chi connectivity index (χ1v) is 9.06. The van der Waals surface area contributed by atoms with E-state index in [4.69, 9.17) is 4.74 Å². The molecule has 2 rings (SSSR count). The number of aliphatic hydroxyl groups excluding tert-OH is 1. The van der Waals surface area contributed by atoms with Crippen LogP contribution in [0.3, 0.4) is 0 Å². The molecule has 0 unspecified atom stereocenters. The number of rotatable bonds is 3. The minimum absolute atomic E-state index is 0.0966. The Kier molecular flexibility index (Phi) is 5.95. The average molecular weight is 326 g/mol. The monoisotopic (exact) mass is 326 g/mol. The Bertz CT molecular complexity index is 390. The number of hydrogen-bond acceptors (Lipinski definition) is 4. The molecule has 0 radical (unpaired) electrons. The van der Waals surface area contributed by atoms with Crippen LogP contribution in [0.15, 0.2) is 0 Å². The maximum Gasteiger partial charge on any atom is 0.410 e. The van der Waals surface area contributed by atoms with Crippen LogP contribution in [0.5, 0.6) is 0 Å². The summed E-state index contributed by atoms with van der Waals surface area (Å²) >= 11 is 0. The topological polar surface area (TPSA) is 61.8 Å². The average Bonchev–Trinajstić information content (AvgIpc) is 2.46. The molecule has 0 aromatic carbocycles. The number of nitrogens with zero attached hydrogens (tertiary/aromatic N) is 1. The van der Waals surface area contributed by atoms with Crippen molar-refractivity contribution in [2.24, 2.45) is 5.41 Å². The Morgan fingerprint density at radius 2 is 1.78 bits per heavy atom. The first-order chi connectivity index (χ1) is 10.7. The number of likely N-dealkylation sites (tertiary alicyclic amines) is 1. The molecule has 2 N–H and O–H groups in total. The van der Waals surface area contributed by atoms with E-state index in [1.165, 1.54) is 0 Å². The van der Waals surface area contributed by atoms with E-state index in [0.29, 0.717) is 6.04 Å². The van der Waals surface area contributed by atoms with Crippen molar-refractivity contribution in [1.29, 1.82) is 0 Å². The predicted molar refractivity (Wildman–Crippen MR) is 91.4 cm³/mol. The molecule has 0 aromatic rings. The number of ether oxygens (including phenoxy) is 1. The van der Waals surface area contributed by atoms with E-state index < -0.39 is 5.60 Å². The second-order valence-electron chi connectivity index (χ2n) is 8.66. The molecule has 0 aromatic heterocycles. The van der Waals surface area contributed by atoms with Crippen LogP contribution in [-0.4, -0.2) is 53.5 Å². The van der Waals surface area contributed by atoms with E-state index in [2.05, 4.69) is 12.2 Å². The van der Waals surface area contributed by atoms with Crippen LogP contribution in [0, 0.1) is 5.41 Å². The van der Waals surface area contributed by atoms with Crippen LogP contribution in [0.4, 0.5) is 4.79 Å². The van der Waals surface area contributed by atoms with Crippen molar-refractivity contribution in [3.05, 3.63) is 0 Å². The van der Waals surface area contributed by atoms with Crippen LogP contribution >= 0.6 is 0 Å². The molecular weight excluding hydrogens is 292 g/mol. The van der Waals surface area contributed by atoms with Crippen molar-refractivity contribution in [1.82, 2.24) is 10.2 Å². The van der Waals surface area contributed by atoms with Gasteiger partial charge in [-0.15, -0.1) is 0 Å². The van der Waals surface area contributed by atoms with Crippen LogP contribution in [0.2, 0.25) is 0 Å². The molecule has 1 saturated carbocycles. The Hall–Kier alpha value is -0.810. The lowest BCUT2D eigenvalue weighted by Crippen LogP contribution is -2.48. The molecule has 1 aliphatic carbocycles. The van der Waals surface area contributed by atoms with E-state index in [0.717, 1.165) is 58.2 Å². The Labute approximate surface area is 140 Å². The van der Waals surface area contributed by atoms with Crippen LogP contribution in [0.25, 0.3) is 0 Å². The van der Waals surface area contributed by atoms with Gasteiger partial charge in [-0.25, -0.2) is 4.79 Å². The summed E-state index contributed by atoms with van der Waals surface area (Å²) in [6, 6.07) is 0.541. The zero-order valence-electron chi connectivity index (χ0n) is 15.2. The molecular formula is C18H34N2O3. The fourth-order valence-corrected chi connectivity index (χ4v) is 3.40. The van der Waals surface area contributed by atoms with Gasteiger partial charge in [-0.1, -0.05) is 6.92 Å². The van der Waals surface area contributed by atoms with Crippen molar-refractivity contribution >= 4 is 6.09 Å². The van der Waals surface area contributed by atoms with Crippen LogP contribution in [0.1, 0.15) is 66.2 Å². The molecule has 134 valence electrons. The van der Waals surface area contributed by atoms with Crippen molar-refractivity contribution in [3.63, 3.8) is 0 Å². The minimum Gasteiger partial charge on any atom is -0.444 e. The summed E-state index contributed by atoms with van der Waals surface area (Å²) in [5.41, 5.74) is -0.181. The summed E-state index contributed by atoms with van der Waals surface area (Å²) in [6.45, 7) is 10.6. The van der Waals surface area contributed by atoms with Gasteiger partial charge in [-0.05, 0) is 64.7 Å². The van der Waals surface area contributed by atoms with Gasteiger partial charge >= 0.3 is 6.09 Å². The fourth-order valence-electron chi connectivity index (χ4n) is 3.40. The highest BCUT2D eigenvalue weighted by molar-refractivity contribution is 5.68. The van der Waals surface area contributed by atoms with Gasteiger partial charge in [0, 0.05) is 25.7 Å². The molecule has 1 saturated heterocycles. The normalized spacial score (nSPS) is 28.5. The molecule has 23 heavy (non-hydrogen) atoms. The molecule has 5 nitrogen and oxygen atoms in total. The Morgan fingerprint density at radius 1 is 1.22 bits per heavy atom. The molecule has 0 bridgehead atoms. The lowest BCUT2D eigenvalue weighted by atomic mass is 9.80. The van der Waals surface area contributed by atoms with Gasteiger partial charge in [0.25, 0.3) is 0 Å². The molecule has 2 fully saturated rings. The van der Waals surface area contributed by atoms with E-state index in [1.54, 1.807) is 0 Å². The SMILES string of the molecule is CC1(CNC2CCC(O)CC2)CCN(C(=O)OC(C)(C)C)CC1. The summed E-state index contributed by atoms with van der Waals surface area (Å²) in [5, 5.41) is 13.3. The maximum absolute atomic E-state index is 12.1. The van der Waals surface area contributed by atoms with Gasteiger partial charge in [0.1, 0.15) is 5.60 Å². The summed E-state index contributed by atoms with van der Waals surface area (Å²) < 4.78 is 5.46. The highest BCUT2D eigenvalue weighted by atomic mass is 16.6. The smallest absolute Gasteiger partial charge is 0.410 e. The third kappa shape index (κ3) is 5.96. The van der Waals surface area contributed by atoms with E-state index in [-0.39, 0.29) is 17.6 Å². The van der Waals surface area contributed by atoms with Gasteiger partial charge in [0.2, 0.25) is 0 Å². The number of nitrogens with one attached hydrogen (secondary N) is 1. The summed E-state index contributed by atoms with van der Waals surface area (Å²) in [4.78, 5) is 14.0. The quantitative estimate of drug-likeness (QED) is 0.837. The van der Waals surface area contributed by atoms with Gasteiger partial charge < -0.3 is 20.1 Å². The van der Waals surface area contributed by atoms with Gasteiger partial charge in [0.05, 0.1) is 6.10 Å². The largest absolute Gasteiger partial charge is 0.444 e.